The summed E-state index contributed by atoms with van der Waals surface area (Å²) in [5, 5.41) is 20.7. The molecule has 0 unspecified atom stereocenters. The second-order valence-corrected chi connectivity index (χ2v) is 7.66. The fourth-order valence-corrected chi connectivity index (χ4v) is 4.06. The number of fused-ring (bicyclic) bond motifs is 3. The van der Waals surface area contributed by atoms with Crippen molar-refractivity contribution in [2.24, 2.45) is 0 Å². The Morgan fingerprint density at radius 2 is 1.97 bits per heavy atom. The van der Waals surface area contributed by atoms with E-state index in [0.717, 1.165) is 16.8 Å². The van der Waals surface area contributed by atoms with Crippen LogP contribution >= 0.6 is 11.8 Å². The van der Waals surface area contributed by atoms with Crippen molar-refractivity contribution in [1.29, 1.82) is 5.26 Å². The molecule has 0 aliphatic carbocycles. The van der Waals surface area contributed by atoms with Crippen molar-refractivity contribution in [3.63, 3.8) is 0 Å². The normalized spacial score (nSPS) is 11.0. The molecule has 150 valence electrons. The number of hydrogen-bond donors (Lipinski definition) is 1. The van der Waals surface area contributed by atoms with Gasteiger partial charge in [0.25, 0.3) is 5.56 Å². The monoisotopic (exact) mass is 418 g/mol. The summed E-state index contributed by atoms with van der Waals surface area (Å²) in [4.78, 5) is 25.3. The van der Waals surface area contributed by atoms with Gasteiger partial charge in [0.15, 0.2) is 5.16 Å². The number of aryl methyl sites for hydroxylation is 1. The lowest BCUT2D eigenvalue weighted by Gasteiger charge is -2.14. The molecule has 1 amide bonds. The van der Waals surface area contributed by atoms with Crippen LogP contribution in [-0.2, 0) is 4.79 Å². The molecule has 0 aliphatic rings. The van der Waals surface area contributed by atoms with Gasteiger partial charge in [-0.15, -0.1) is 10.2 Å². The highest BCUT2D eigenvalue weighted by atomic mass is 32.2. The quantitative estimate of drug-likeness (QED) is 0.394. The number of amides is 1. The van der Waals surface area contributed by atoms with Crippen LogP contribution in [0.4, 0.5) is 0 Å². The van der Waals surface area contributed by atoms with Gasteiger partial charge < -0.3 is 5.32 Å². The average Bonchev–Trinajstić information content (AvgIpc) is 3.17. The zero-order valence-electron chi connectivity index (χ0n) is 16.4. The van der Waals surface area contributed by atoms with E-state index in [0.29, 0.717) is 21.8 Å². The van der Waals surface area contributed by atoms with Crippen LogP contribution < -0.4 is 10.9 Å². The van der Waals surface area contributed by atoms with Gasteiger partial charge in [-0.1, -0.05) is 36.0 Å². The van der Waals surface area contributed by atoms with Crippen molar-refractivity contribution in [1.82, 2.24) is 24.5 Å². The first-order chi connectivity index (χ1) is 14.5. The van der Waals surface area contributed by atoms with Crippen molar-refractivity contribution in [3.8, 4) is 11.8 Å². The van der Waals surface area contributed by atoms with Gasteiger partial charge in [-0.2, -0.15) is 5.26 Å². The summed E-state index contributed by atoms with van der Waals surface area (Å²) in [5.41, 5.74) is 3.27. The molecule has 2 aromatic carbocycles. The molecule has 2 aromatic heterocycles. The highest BCUT2D eigenvalue weighted by Crippen LogP contribution is 2.24. The smallest absolute Gasteiger partial charge is 0.267 e. The molecule has 0 bridgehead atoms. The number of nitriles is 1. The fourth-order valence-electron chi connectivity index (χ4n) is 3.29. The molecule has 0 radical (unpaired) electrons. The summed E-state index contributed by atoms with van der Waals surface area (Å²) >= 11 is 1.20. The van der Waals surface area contributed by atoms with E-state index < -0.39 is 0 Å². The average molecular weight is 418 g/mol. The van der Waals surface area contributed by atoms with Crippen molar-refractivity contribution in [2.45, 2.75) is 19.0 Å². The molecule has 0 aliphatic heterocycles. The number of benzene rings is 2. The largest absolute Gasteiger partial charge is 0.342 e. The van der Waals surface area contributed by atoms with Gasteiger partial charge in [-0.3, -0.25) is 14.0 Å². The third-order valence-corrected chi connectivity index (χ3v) is 5.84. The Morgan fingerprint density at radius 3 is 2.77 bits per heavy atom. The van der Waals surface area contributed by atoms with Gasteiger partial charge >= 0.3 is 0 Å². The van der Waals surface area contributed by atoms with E-state index in [4.69, 9.17) is 5.26 Å². The van der Waals surface area contributed by atoms with E-state index in [1.165, 1.54) is 11.8 Å². The molecule has 4 aromatic rings. The lowest BCUT2D eigenvalue weighted by atomic mass is 10.1. The maximum atomic E-state index is 13.4. The van der Waals surface area contributed by atoms with Crippen LogP contribution in [0.15, 0.2) is 52.4 Å². The number of nitrogens with zero attached hydrogens (tertiary/aromatic N) is 5. The van der Waals surface area contributed by atoms with Crippen molar-refractivity contribution < 1.29 is 4.79 Å². The maximum absolute atomic E-state index is 13.4. The van der Waals surface area contributed by atoms with Crippen molar-refractivity contribution in [3.05, 3.63) is 63.9 Å². The molecule has 0 spiro atoms. The van der Waals surface area contributed by atoms with Crippen LogP contribution in [-0.4, -0.2) is 37.4 Å². The molecule has 0 atom stereocenters. The number of rotatable bonds is 5. The van der Waals surface area contributed by atoms with Gasteiger partial charge in [0.05, 0.1) is 28.4 Å². The fraction of sp³-hybridized carbons (Fsp3) is 0.190. The highest BCUT2D eigenvalue weighted by molar-refractivity contribution is 7.99. The lowest BCUT2D eigenvalue weighted by Crippen LogP contribution is -2.25. The Balaban J connectivity index is 1.93. The lowest BCUT2D eigenvalue weighted by molar-refractivity contribution is -0.118. The Kier molecular flexibility index (Phi) is 5.25. The van der Waals surface area contributed by atoms with Crippen molar-refractivity contribution in [2.75, 3.05) is 12.3 Å². The number of nitrogens with one attached hydrogen (secondary N) is 1. The molecule has 2 heterocycles. The van der Waals surface area contributed by atoms with E-state index in [2.05, 4.69) is 15.5 Å². The maximum Gasteiger partial charge on any atom is 0.267 e. The van der Waals surface area contributed by atoms with Gasteiger partial charge in [0, 0.05) is 0 Å². The first-order valence-electron chi connectivity index (χ1n) is 9.25. The minimum absolute atomic E-state index is 0.0465. The molecule has 0 saturated carbocycles. The van der Waals surface area contributed by atoms with Crippen LogP contribution in [0.5, 0.6) is 0 Å². The Labute approximate surface area is 176 Å². The first-order valence-corrected chi connectivity index (χ1v) is 10.2. The van der Waals surface area contributed by atoms with Crippen LogP contribution in [0.25, 0.3) is 22.4 Å². The van der Waals surface area contributed by atoms with Gasteiger partial charge in [0.2, 0.25) is 11.7 Å². The number of hydrogen-bond acceptors (Lipinski definition) is 6. The Bertz CT molecular complexity index is 1380. The number of para-hydroxylation sites is 1. The standard InChI is InChI=1S/C21H18N6O2S/c1-13-6-5-9-16(14(13)2)26-19(29)15-7-3-4-8-17(15)27-20(26)24-25-21(27)30-12-18(28)23-11-10-22/h3-9H,11-12H2,1-2H3,(H,23,28). The minimum Gasteiger partial charge on any atom is -0.342 e. The molecule has 0 fully saturated rings. The van der Waals surface area contributed by atoms with E-state index >= 15 is 0 Å². The number of thioether (sulfide) groups is 1. The zero-order valence-corrected chi connectivity index (χ0v) is 17.2. The van der Waals surface area contributed by atoms with Crippen LogP contribution in [0, 0.1) is 25.2 Å². The van der Waals surface area contributed by atoms with E-state index in [1.54, 1.807) is 15.0 Å². The molecule has 0 saturated heterocycles. The summed E-state index contributed by atoms with van der Waals surface area (Å²) < 4.78 is 3.36. The van der Waals surface area contributed by atoms with E-state index in [1.807, 2.05) is 56.3 Å². The van der Waals surface area contributed by atoms with Crippen molar-refractivity contribution >= 4 is 34.3 Å². The van der Waals surface area contributed by atoms with Crippen LogP contribution in [0.2, 0.25) is 0 Å². The minimum atomic E-state index is -0.273. The Hall–Kier alpha value is -3.64. The molecule has 30 heavy (non-hydrogen) atoms. The summed E-state index contributed by atoms with van der Waals surface area (Å²) in [7, 11) is 0. The number of carbonyl (C=O) groups is 1. The zero-order chi connectivity index (χ0) is 21.3. The predicted molar refractivity (Wildman–Crippen MR) is 115 cm³/mol. The number of carbonyl (C=O) groups excluding carboxylic acids is 1. The summed E-state index contributed by atoms with van der Waals surface area (Å²) in [6, 6.07) is 14.9. The van der Waals surface area contributed by atoms with Gasteiger partial charge in [-0.05, 0) is 43.2 Å². The molecule has 9 heteroatoms. The first kappa shape index (κ1) is 19.7. The van der Waals surface area contributed by atoms with Gasteiger partial charge in [0.1, 0.15) is 6.54 Å². The van der Waals surface area contributed by atoms with Crippen LogP contribution in [0.3, 0.4) is 0 Å². The van der Waals surface area contributed by atoms with E-state index in [-0.39, 0.29) is 23.8 Å². The van der Waals surface area contributed by atoms with Gasteiger partial charge in [-0.25, -0.2) is 4.57 Å². The topological polar surface area (TPSA) is 105 Å². The third-order valence-electron chi connectivity index (χ3n) is 4.91. The molecule has 8 nitrogen and oxygen atoms in total. The summed E-state index contributed by atoms with van der Waals surface area (Å²) in [6.45, 7) is 3.91. The highest BCUT2D eigenvalue weighted by Gasteiger charge is 2.19. The summed E-state index contributed by atoms with van der Waals surface area (Å²) in [6.07, 6.45) is 0. The third kappa shape index (κ3) is 3.31. The molecular formula is C21H18N6O2S. The molecule has 4 rings (SSSR count). The van der Waals surface area contributed by atoms with Crippen LogP contribution in [0.1, 0.15) is 11.1 Å². The number of aromatic nitrogens is 4. The predicted octanol–water partition coefficient (Wildman–Crippen LogP) is 2.38. The van der Waals surface area contributed by atoms with E-state index in [9.17, 15) is 9.59 Å². The molecular weight excluding hydrogens is 400 g/mol. The second-order valence-electron chi connectivity index (χ2n) is 6.72. The second kappa shape index (κ2) is 8.00. The SMILES string of the molecule is Cc1cccc(-n2c(=O)c3ccccc3n3c(SCC(=O)NCC#N)nnc23)c1C. The Morgan fingerprint density at radius 1 is 1.17 bits per heavy atom. The molecule has 1 N–H and O–H groups in total. The summed E-state index contributed by atoms with van der Waals surface area (Å²) in [5.74, 6) is 0.192.